The van der Waals surface area contributed by atoms with Crippen LogP contribution in [-0.2, 0) is 9.59 Å². The van der Waals surface area contributed by atoms with E-state index >= 15 is 0 Å². The van der Waals surface area contributed by atoms with Crippen LogP contribution in [0.1, 0.15) is 12.5 Å². The number of hydrogen-bond donors (Lipinski definition) is 1. The van der Waals surface area contributed by atoms with Gasteiger partial charge in [-0.15, -0.1) is 0 Å². The minimum absolute atomic E-state index is 0.103. The lowest BCUT2D eigenvalue weighted by molar-refractivity contribution is -0.136. The van der Waals surface area contributed by atoms with Gasteiger partial charge in [0, 0.05) is 22.2 Å². The smallest absolute Gasteiger partial charge is 0.278 e. The molecular weight excluding hydrogens is 411 g/mol. The molecule has 0 aromatic heterocycles. The highest BCUT2D eigenvalue weighted by atomic mass is 35.5. The topological polar surface area (TPSA) is 58.6 Å². The predicted molar refractivity (Wildman–Crippen MR) is 107 cm³/mol. The van der Waals surface area contributed by atoms with Gasteiger partial charge in [0.2, 0.25) is 0 Å². The van der Waals surface area contributed by atoms with E-state index < -0.39 is 11.8 Å². The van der Waals surface area contributed by atoms with Crippen molar-refractivity contribution < 1.29 is 14.3 Å². The lowest BCUT2D eigenvalue weighted by Crippen LogP contribution is -2.32. The Hall–Kier alpha value is -2.21. The normalized spacial score (nSPS) is 14.2. The van der Waals surface area contributed by atoms with E-state index in [0.29, 0.717) is 27.0 Å². The Labute approximate surface area is 171 Å². The summed E-state index contributed by atoms with van der Waals surface area (Å²) in [6.07, 6.45) is 0. The molecular formula is C19H15Cl3N2O3. The van der Waals surface area contributed by atoms with Gasteiger partial charge in [0.25, 0.3) is 11.8 Å². The second kappa shape index (κ2) is 7.80. The van der Waals surface area contributed by atoms with Gasteiger partial charge in [-0.2, -0.15) is 0 Å². The van der Waals surface area contributed by atoms with Crippen molar-refractivity contribution in [2.75, 3.05) is 19.0 Å². The summed E-state index contributed by atoms with van der Waals surface area (Å²) in [5.74, 6) is -0.413. The fourth-order valence-corrected chi connectivity index (χ4v) is 3.51. The largest absolute Gasteiger partial charge is 0.495 e. The van der Waals surface area contributed by atoms with Crippen molar-refractivity contribution >= 4 is 57.9 Å². The molecule has 0 saturated carbocycles. The molecule has 2 amide bonds. The molecule has 0 fully saturated rings. The lowest BCUT2D eigenvalue weighted by Gasteiger charge is -2.14. The van der Waals surface area contributed by atoms with E-state index in [4.69, 9.17) is 39.5 Å². The molecule has 1 N–H and O–H groups in total. The molecule has 1 aliphatic rings. The molecule has 0 aliphatic carbocycles. The number of carbonyl (C=O) groups excluding carboxylic acids is 2. The first-order chi connectivity index (χ1) is 12.9. The number of hydrogen-bond acceptors (Lipinski definition) is 4. The van der Waals surface area contributed by atoms with Crippen LogP contribution in [0.15, 0.2) is 42.1 Å². The van der Waals surface area contributed by atoms with E-state index in [2.05, 4.69) is 5.32 Å². The van der Waals surface area contributed by atoms with Crippen LogP contribution in [-0.4, -0.2) is 30.4 Å². The van der Waals surface area contributed by atoms with Crippen LogP contribution in [0.25, 0.3) is 5.57 Å². The highest BCUT2D eigenvalue weighted by molar-refractivity contribution is 6.41. The van der Waals surface area contributed by atoms with Gasteiger partial charge in [0.05, 0.1) is 23.4 Å². The number of rotatable bonds is 5. The Kier molecular flexibility index (Phi) is 5.65. The first kappa shape index (κ1) is 19.5. The number of halogens is 3. The Balaban J connectivity index is 2.18. The highest BCUT2D eigenvalue weighted by Gasteiger charge is 2.39. The van der Waals surface area contributed by atoms with Gasteiger partial charge in [0.1, 0.15) is 11.4 Å². The minimum atomic E-state index is -0.453. The molecule has 2 aromatic carbocycles. The minimum Gasteiger partial charge on any atom is -0.495 e. The van der Waals surface area contributed by atoms with Gasteiger partial charge in [-0.1, -0.05) is 40.9 Å². The van der Waals surface area contributed by atoms with Crippen molar-refractivity contribution in [1.82, 2.24) is 4.90 Å². The molecule has 0 atom stereocenters. The van der Waals surface area contributed by atoms with Crippen molar-refractivity contribution in [2.45, 2.75) is 6.92 Å². The SMILES string of the molecule is CCN1C(=O)C(Nc2cc(Cl)ccc2OC)=C(c2ccc(Cl)cc2Cl)C1=O. The van der Waals surface area contributed by atoms with Crippen molar-refractivity contribution in [2.24, 2.45) is 0 Å². The molecule has 140 valence electrons. The van der Waals surface area contributed by atoms with E-state index in [9.17, 15) is 9.59 Å². The van der Waals surface area contributed by atoms with Crippen molar-refractivity contribution in [3.63, 3.8) is 0 Å². The first-order valence-electron chi connectivity index (χ1n) is 8.03. The molecule has 1 aliphatic heterocycles. The fraction of sp³-hybridized carbons (Fsp3) is 0.158. The van der Waals surface area contributed by atoms with Crippen molar-refractivity contribution in [1.29, 1.82) is 0 Å². The molecule has 0 bridgehead atoms. The molecule has 0 unspecified atom stereocenters. The second-order valence-corrected chi connectivity index (χ2v) is 6.98. The van der Waals surface area contributed by atoms with E-state index in [1.165, 1.54) is 13.2 Å². The molecule has 0 saturated heterocycles. The standard InChI is InChI=1S/C19H15Cl3N2O3/c1-3-24-18(25)16(12-6-4-10(20)8-13(12)22)17(19(24)26)23-14-9-11(21)5-7-15(14)27-2/h4-9,23H,3H2,1-2H3. The fourth-order valence-electron chi connectivity index (χ4n) is 2.83. The summed E-state index contributed by atoms with van der Waals surface area (Å²) in [7, 11) is 1.50. The lowest BCUT2D eigenvalue weighted by atomic mass is 10.0. The summed E-state index contributed by atoms with van der Waals surface area (Å²) in [6.45, 7) is 1.95. The zero-order valence-corrected chi connectivity index (χ0v) is 16.7. The molecule has 2 aromatic rings. The Morgan fingerprint density at radius 2 is 1.67 bits per heavy atom. The number of anilines is 1. The molecule has 3 rings (SSSR count). The van der Waals surface area contributed by atoms with Gasteiger partial charge >= 0.3 is 0 Å². The maximum Gasteiger partial charge on any atom is 0.278 e. The third-order valence-electron chi connectivity index (χ3n) is 4.11. The molecule has 5 nitrogen and oxygen atoms in total. The van der Waals surface area contributed by atoms with Gasteiger partial charge in [0.15, 0.2) is 0 Å². The summed E-state index contributed by atoms with van der Waals surface area (Å²) in [5, 5.41) is 4.16. The summed E-state index contributed by atoms with van der Waals surface area (Å²) in [5.41, 5.74) is 1.15. The maximum absolute atomic E-state index is 12.9. The zero-order chi connectivity index (χ0) is 19.7. The monoisotopic (exact) mass is 424 g/mol. The number of nitrogens with one attached hydrogen (secondary N) is 1. The number of nitrogens with zero attached hydrogens (tertiary/aromatic N) is 1. The van der Waals surface area contributed by atoms with Crippen molar-refractivity contribution in [3.8, 4) is 5.75 Å². The first-order valence-corrected chi connectivity index (χ1v) is 9.17. The number of carbonyl (C=O) groups is 2. The Morgan fingerprint density at radius 1 is 1.00 bits per heavy atom. The number of imide groups is 1. The van der Waals surface area contributed by atoms with Gasteiger partial charge < -0.3 is 10.1 Å². The third kappa shape index (κ3) is 3.63. The average molecular weight is 426 g/mol. The summed E-state index contributed by atoms with van der Waals surface area (Å²) < 4.78 is 5.31. The van der Waals surface area contributed by atoms with Crippen LogP contribution in [0.3, 0.4) is 0 Å². The highest BCUT2D eigenvalue weighted by Crippen LogP contribution is 2.37. The van der Waals surface area contributed by atoms with Crippen LogP contribution in [0.5, 0.6) is 5.75 Å². The molecule has 0 spiro atoms. The van der Waals surface area contributed by atoms with Crippen LogP contribution in [0.4, 0.5) is 5.69 Å². The zero-order valence-electron chi connectivity index (χ0n) is 14.5. The van der Waals surface area contributed by atoms with Gasteiger partial charge in [-0.3, -0.25) is 14.5 Å². The number of likely N-dealkylation sites (N-methyl/N-ethyl adjacent to an activating group) is 1. The quantitative estimate of drug-likeness (QED) is 0.695. The van der Waals surface area contributed by atoms with Crippen LogP contribution < -0.4 is 10.1 Å². The van der Waals surface area contributed by atoms with Crippen LogP contribution in [0.2, 0.25) is 15.1 Å². The summed E-state index contributed by atoms with van der Waals surface area (Å²) >= 11 is 18.3. The molecule has 1 heterocycles. The third-order valence-corrected chi connectivity index (χ3v) is 4.89. The summed E-state index contributed by atoms with van der Waals surface area (Å²) in [6, 6.07) is 9.69. The Morgan fingerprint density at radius 3 is 2.30 bits per heavy atom. The van der Waals surface area contributed by atoms with E-state index in [1.54, 1.807) is 37.3 Å². The van der Waals surface area contributed by atoms with E-state index in [0.717, 1.165) is 4.90 Å². The van der Waals surface area contributed by atoms with E-state index in [1.807, 2.05) is 0 Å². The number of benzene rings is 2. The maximum atomic E-state index is 12.9. The van der Waals surface area contributed by atoms with Crippen LogP contribution in [0, 0.1) is 0 Å². The van der Waals surface area contributed by atoms with Crippen molar-refractivity contribution in [3.05, 3.63) is 62.7 Å². The number of amides is 2. The summed E-state index contributed by atoms with van der Waals surface area (Å²) in [4.78, 5) is 26.8. The molecule has 8 heteroatoms. The molecule has 0 radical (unpaired) electrons. The Bertz CT molecular complexity index is 973. The second-order valence-electron chi connectivity index (χ2n) is 5.70. The van der Waals surface area contributed by atoms with Gasteiger partial charge in [-0.05, 0) is 37.3 Å². The number of ether oxygens (including phenoxy) is 1. The van der Waals surface area contributed by atoms with Crippen LogP contribution >= 0.6 is 34.8 Å². The van der Waals surface area contributed by atoms with E-state index in [-0.39, 0.29) is 22.8 Å². The average Bonchev–Trinajstić information content (AvgIpc) is 2.85. The predicted octanol–water partition coefficient (Wildman–Crippen LogP) is 4.87. The number of methoxy groups -OCH3 is 1. The molecule has 27 heavy (non-hydrogen) atoms. The van der Waals surface area contributed by atoms with Gasteiger partial charge in [-0.25, -0.2) is 0 Å².